The minimum absolute atomic E-state index is 0.509. The molecule has 0 unspecified atom stereocenters. The van der Waals surface area contributed by atoms with Gasteiger partial charge >= 0.3 is 0 Å². The summed E-state index contributed by atoms with van der Waals surface area (Å²) in [5.74, 6) is 1.83. The second-order valence-electron chi connectivity index (χ2n) is 2.17. The van der Waals surface area contributed by atoms with Gasteiger partial charge in [0.15, 0.2) is 6.19 Å². The molecule has 0 saturated carbocycles. The van der Waals surface area contributed by atoms with Gasteiger partial charge in [-0.05, 0) is 6.92 Å². The van der Waals surface area contributed by atoms with Crippen LogP contribution in [0.3, 0.4) is 0 Å². The SMILES string of the molecule is CNc1cc(NC#N)nc(C)n1. The van der Waals surface area contributed by atoms with E-state index in [1.54, 1.807) is 26.2 Å². The molecule has 1 aromatic heterocycles. The van der Waals surface area contributed by atoms with E-state index in [1.165, 1.54) is 0 Å². The lowest BCUT2D eigenvalue weighted by atomic mass is 10.5. The van der Waals surface area contributed by atoms with E-state index in [9.17, 15) is 0 Å². The van der Waals surface area contributed by atoms with E-state index in [1.807, 2.05) is 0 Å². The van der Waals surface area contributed by atoms with Crippen LogP contribution in [0.25, 0.3) is 0 Å². The number of rotatable bonds is 2. The molecular weight excluding hydrogens is 154 g/mol. The van der Waals surface area contributed by atoms with E-state index < -0.39 is 0 Å². The smallest absolute Gasteiger partial charge is 0.182 e. The van der Waals surface area contributed by atoms with Crippen LogP contribution in [0.2, 0.25) is 0 Å². The number of hydrogen-bond acceptors (Lipinski definition) is 5. The van der Waals surface area contributed by atoms with Gasteiger partial charge in [-0.3, -0.25) is 5.32 Å². The standard InChI is InChI=1S/C7H9N5/c1-5-11-6(9-2)3-7(12-5)10-4-8/h3H,1-2H3,(H2,9,10,11,12). The minimum Gasteiger partial charge on any atom is -0.373 e. The highest BCUT2D eigenvalue weighted by atomic mass is 15.1. The van der Waals surface area contributed by atoms with Crippen molar-refractivity contribution >= 4 is 11.6 Å². The molecule has 0 spiro atoms. The molecule has 0 saturated heterocycles. The highest BCUT2D eigenvalue weighted by Crippen LogP contribution is 2.09. The number of nitriles is 1. The van der Waals surface area contributed by atoms with Crippen molar-refractivity contribution in [1.29, 1.82) is 5.26 Å². The summed E-state index contributed by atoms with van der Waals surface area (Å²) in [6.45, 7) is 1.77. The van der Waals surface area contributed by atoms with Crippen molar-refractivity contribution in [2.45, 2.75) is 6.92 Å². The first kappa shape index (κ1) is 8.27. The Morgan fingerprint density at radius 3 is 2.67 bits per heavy atom. The normalized spacial score (nSPS) is 8.75. The Morgan fingerprint density at radius 2 is 2.08 bits per heavy atom. The molecule has 0 fully saturated rings. The Labute approximate surface area is 70.5 Å². The van der Waals surface area contributed by atoms with Crippen molar-refractivity contribution in [3.63, 3.8) is 0 Å². The fourth-order valence-corrected chi connectivity index (χ4v) is 0.817. The van der Waals surface area contributed by atoms with Crippen molar-refractivity contribution in [3.05, 3.63) is 11.9 Å². The zero-order valence-electron chi connectivity index (χ0n) is 6.92. The number of aryl methyl sites for hydroxylation is 1. The van der Waals surface area contributed by atoms with Crippen LogP contribution in [-0.2, 0) is 0 Å². The van der Waals surface area contributed by atoms with Gasteiger partial charge in [-0.2, -0.15) is 5.26 Å². The van der Waals surface area contributed by atoms with Crippen LogP contribution in [-0.4, -0.2) is 17.0 Å². The summed E-state index contributed by atoms with van der Waals surface area (Å²) >= 11 is 0. The second-order valence-corrected chi connectivity index (χ2v) is 2.17. The molecule has 0 bridgehead atoms. The average molecular weight is 163 g/mol. The fourth-order valence-electron chi connectivity index (χ4n) is 0.817. The molecular formula is C7H9N5. The third kappa shape index (κ3) is 1.83. The molecule has 0 aliphatic heterocycles. The highest BCUT2D eigenvalue weighted by Gasteiger charge is 1.98. The zero-order chi connectivity index (χ0) is 8.97. The monoisotopic (exact) mass is 163 g/mol. The number of nitrogens with zero attached hydrogens (tertiary/aromatic N) is 3. The molecule has 0 aliphatic carbocycles. The van der Waals surface area contributed by atoms with E-state index >= 15 is 0 Å². The molecule has 5 heteroatoms. The molecule has 2 N–H and O–H groups in total. The summed E-state index contributed by atoms with van der Waals surface area (Å²) in [6.07, 6.45) is 1.79. The molecule has 0 radical (unpaired) electrons. The maximum Gasteiger partial charge on any atom is 0.182 e. The van der Waals surface area contributed by atoms with Gasteiger partial charge in [0.05, 0.1) is 0 Å². The van der Waals surface area contributed by atoms with Gasteiger partial charge < -0.3 is 5.32 Å². The summed E-state index contributed by atoms with van der Waals surface area (Å²) in [7, 11) is 1.76. The van der Waals surface area contributed by atoms with Crippen LogP contribution in [0.5, 0.6) is 0 Å². The Kier molecular flexibility index (Phi) is 2.43. The lowest BCUT2D eigenvalue weighted by Crippen LogP contribution is -2.00. The van der Waals surface area contributed by atoms with Gasteiger partial charge in [0.2, 0.25) is 0 Å². The van der Waals surface area contributed by atoms with Crippen molar-refractivity contribution in [2.75, 3.05) is 17.7 Å². The highest BCUT2D eigenvalue weighted by molar-refractivity contribution is 5.48. The Bertz CT molecular complexity index is 314. The lowest BCUT2D eigenvalue weighted by molar-refractivity contribution is 1.06. The molecule has 62 valence electrons. The predicted octanol–water partition coefficient (Wildman–Crippen LogP) is 0.720. The van der Waals surface area contributed by atoms with Gasteiger partial charge in [-0.15, -0.1) is 0 Å². The average Bonchev–Trinajstić information content (AvgIpc) is 2.04. The summed E-state index contributed by atoms with van der Waals surface area (Å²) in [4.78, 5) is 8.05. The summed E-state index contributed by atoms with van der Waals surface area (Å²) in [5.41, 5.74) is 0. The van der Waals surface area contributed by atoms with Crippen LogP contribution in [0.1, 0.15) is 5.82 Å². The molecule has 12 heavy (non-hydrogen) atoms. The lowest BCUT2D eigenvalue weighted by Gasteiger charge is -2.02. The Balaban J connectivity index is 2.99. The van der Waals surface area contributed by atoms with Crippen molar-refractivity contribution in [2.24, 2.45) is 0 Å². The molecule has 1 aromatic rings. The molecule has 0 atom stereocenters. The van der Waals surface area contributed by atoms with E-state index in [-0.39, 0.29) is 0 Å². The number of hydrogen-bond donors (Lipinski definition) is 2. The van der Waals surface area contributed by atoms with Gasteiger partial charge in [-0.25, -0.2) is 9.97 Å². The maximum atomic E-state index is 8.33. The minimum atomic E-state index is 0.509. The quantitative estimate of drug-likeness (QED) is 0.496. The second kappa shape index (κ2) is 3.53. The Hall–Kier alpha value is -1.83. The number of aromatic nitrogens is 2. The summed E-state index contributed by atoms with van der Waals surface area (Å²) in [6, 6.07) is 1.66. The number of anilines is 2. The van der Waals surface area contributed by atoms with E-state index in [2.05, 4.69) is 20.6 Å². The van der Waals surface area contributed by atoms with Gasteiger partial charge in [0.25, 0.3) is 0 Å². The summed E-state index contributed by atoms with van der Waals surface area (Å²) < 4.78 is 0. The van der Waals surface area contributed by atoms with Gasteiger partial charge in [-0.1, -0.05) is 0 Å². The van der Waals surface area contributed by atoms with E-state index in [0.29, 0.717) is 17.5 Å². The van der Waals surface area contributed by atoms with Gasteiger partial charge in [0.1, 0.15) is 17.5 Å². The van der Waals surface area contributed by atoms with Gasteiger partial charge in [0, 0.05) is 13.1 Å². The molecule has 0 aromatic carbocycles. The Morgan fingerprint density at radius 1 is 1.42 bits per heavy atom. The third-order valence-electron chi connectivity index (χ3n) is 1.28. The largest absolute Gasteiger partial charge is 0.373 e. The molecule has 1 rings (SSSR count). The third-order valence-corrected chi connectivity index (χ3v) is 1.28. The first-order valence-corrected chi connectivity index (χ1v) is 3.45. The predicted molar refractivity (Wildman–Crippen MR) is 45.6 cm³/mol. The first-order chi connectivity index (χ1) is 5.76. The number of nitrogens with one attached hydrogen (secondary N) is 2. The summed E-state index contributed by atoms with van der Waals surface area (Å²) in [5, 5.41) is 13.6. The van der Waals surface area contributed by atoms with E-state index in [0.717, 1.165) is 0 Å². The first-order valence-electron chi connectivity index (χ1n) is 3.45. The maximum absolute atomic E-state index is 8.33. The van der Waals surface area contributed by atoms with Crippen molar-refractivity contribution in [1.82, 2.24) is 9.97 Å². The van der Waals surface area contributed by atoms with Crippen molar-refractivity contribution < 1.29 is 0 Å². The van der Waals surface area contributed by atoms with Crippen LogP contribution in [0.15, 0.2) is 6.07 Å². The van der Waals surface area contributed by atoms with E-state index in [4.69, 9.17) is 5.26 Å². The molecule has 5 nitrogen and oxygen atoms in total. The van der Waals surface area contributed by atoms with Crippen LogP contribution >= 0.6 is 0 Å². The van der Waals surface area contributed by atoms with Crippen LogP contribution < -0.4 is 10.6 Å². The van der Waals surface area contributed by atoms with Crippen molar-refractivity contribution in [3.8, 4) is 6.19 Å². The fraction of sp³-hybridized carbons (Fsp3) is 0.286. The van der Waals surface area contributed by atoms with Crippen LogP contribution in [0, 0.1) is 18.4 Å². The topological polar surface area (TPSA) is 73.6 Å². The molecule has 0 amide bonds. The zero-order valence-corrected chi connectivity index (χ0v) is 6.92. The molecule has 1 heterocycles. The van der Waals surface area contributed by atoms with Crippen LogP contribution in [0.4, 0.5) is 11.6 Å². The molecule has 0 aliphatic rings.